The lowest BCUT2D eigenvalue weighted by Gasteiger charge is -2.36. The van der Waals surface area contributed by atoms with Crippen LogP contribution in [0.2, 0.25) is 0 Å². The fourth-order valence-electron chi connectivity index (χ4n) is 2.96. The zero-order chi connectivity index (χ0) is 19.8. The molecule has 0 N–H and O–H groups in total. The predicted octanol–water partition coefficient (Wildman–Crippen LogP) is 2.46. The van der Waals surface area contributed by atoms with Crippen LogP contribution in [-0.2, 0) is 14.3 Å². The largest absolute Gasteiger partial charge is 0.452 e. The van der Waals surface area contributed by atoms with E-state index >= 15 is 0 Å². The van der Waals surface area contributed by atoms with Crippen LogP contribution in [0.15, 0.2) is 60.7 Å². The topological polar surface area (TPSA) is 73.6 Å². The third kappa shape index (κ3) is 5.21. The molecule has 0 spiro atoms. The number of rotatable bonds is 5. The number of carbonyl (C=O) groups excluding carboxylic acids is 2. The Hall–Kier alpha value is -3.59. The van der Waals surface area contributed by atoms with Crippen molar-refractivity contribution < 1.29 is 14.3 Å². The van der Waals surface area contributed by atoms with Crippen LogP contribution in [0, 0.1) is 11.3 Å². The van der Waals surface area contributed by atoms with E-state index < -0.39 is 5.97 Å². The zero-order valence-electron chi connectivity index (χ0n) is 15.5. The molecule has 3 rings (SSSR count). The molecule has 1 saturated heterocycles. The van der Waals surface area contributed by atoms with Gasteiger partial charge in [0.15, 0.2) is 6.61 Å². The van der Waals surface area contributed by atoms with Crippen LogP contribution in [0.1, 0.15) is 11.1 Å². The molecule has 0 unspecified atom stereocenters. The Morgan fingerprint density at radius 2 is 1.68 bits per heavy atom. The molecule has 1 fully saturated rings. The van der Waals surface area contributed by atoms with Gasteiger partial charge in [0, 0.05) is 37.9 Å². The summed E-state index contributed by atoms with van der Waals surface area (Å²) < 4.78 is 5.05. The van der Waals surface area contributed by atoms with Crippen molar-refractivity contribution in [3.63, 3.8) is 0 Å². The van der Waals surface area contributed by atoms with Crippen molar-refractivity contribution in [2.75, 3.05) is 37.7 Å². The van der Waals surface area contributed by atoms with Gasteiger partial charge in [-0.15, -0.1) is 0 Å². The predicted molar refractivity (Wildman–Crippen MR) is 106 cm³/mol. The molecular formula is C22H21N3O3. The number of esters is 1. The molecule has 0 atom stereocenters. The van der Waals surface area contributed by atoms with E-state index in [1.54, 1.807) is 35.2 Å². The number of hydrogen-bond acceptors (Lipinski definition) is 5. The van der Waals surface area contributed by atoms with Crippen molar-refractivity contribution in [1.82, 2.24) is 4.90 Å². The number of carbonyl (C=O) groups is 2. The van der Waals surface area contributed by atoms with Gasteiger partial charge in [0.25, 0.3) is 5.91 Å². The molecule has 0 aromatic heterocycles. The van der Waals surface area contributed by atoms with Crippen molar-refractivity contribution in [3.8, 4) is 6.07 Å². The SMILES string of the molecule is N#Cc1ccc(/C=C/C(=O)OCC(=O)N2CCN(c3ccccc3)CC2)cc1. The maximum atomic E-state index is 12.3. The summed E-state index contributed by atoms with van der Waals surface area (Å²) in [6.07, 6.45) is 2.87. The molecule has 0 saturated carbocycles. The van der Waals surface area contributed by atoms with Crippen molar-refractivity contribution in [1.29, 1.82) is 5.26 Å². The standard InChI is InChI=1S/C22H21N3O3/c23-16-19-8-6-18(7-9-19)10-11-22(27)28-17-21(26)25-14-12-24(13-15-25)20-4-2-1-3-5-20/h1-11H,12-15,17H2/b11-10+. The molecule has 1 amide bonds. The van der Waals surface area contributed by atoms with Gasteiger partial charge in [-0.2, -0.15) is 5.26 Å². The average molecular weight is 375 g/mol. The van der Waals surface area contributed by atoms with Crippen LogP contribution in [-0.4, -0.2) is 49.6 Å². The van der Waals surface area contributed by atoms with Gasteiger partial charge < -0.3 is 14.5 Å². The van der Waals surface area contributed by atoms with Crippen molar-refractivity contribution in [2.24, 2.45) is 0 Å². The first kappa shape index (κ1) is 19.2. The van der Waals surface area contributed by atoms with Crippen molar-refractivity contribution in [3.05, 3.63) is 71.8 Å². The summed E-state index contributed by atoms with van der Waals surface area (Å²) in [4.78, 5) is 28.0. The number of ether oxygens (including phenoxy) is 1. The van der Waals surface area contributed by atoms with E-state index in [9.17, 15) is 9.59 Å². The number of anilines is 1. The Morgan fingerprint density at radius 3 is 2.32 bits per heavy atom. The van der Waals surface area contributed by atoms with E-state index in [4.69, 9.17) is 10.00 Å². The number of piperazine rings is 1. The molecule has 1 heterocycles. The minimum Gasteiger partial charge on any atom is -0.452 e. The Morgan fingerprint density at radius 1 is 1.00 bits per heavy atom. The van der Waals surface area contributed by atoms with Crippen LogP contribution < -0.4 is 4.90 Å². The third-order valence-electron chi connectivity index (χ3n) is 4.54. The van der Waals surface area contributed by atoms with Gasteiger partial charge >= 0.3 is 5.97 Å². The highest BCUT2D eigenvalue weighted by Gasteiger charge is 2.21. The molecule has 0 radical (unpaired) electrons. The van der Waals surface area contributed by atoms with Gasteiger partial charge in [-0.3, -0.25) is 4.79 Å². The highest BCUT2D eigenvalue weighted by molar-refractivity contribution is 5.89. The Labute approximate surface area is 164 Å². The van der Waals surface area contributed by atoms with Crippen molar-refractivity contribution >= 4 is 23.6 Å². The van der Waals surface area contributed by atoms with E-state index in [2.05, 4.69) is 17.0 Å². The van der Waals surface area contributed by atoms with Gasteiger partial charge in [-0.05, 0) is 35.9 Å². The quantitative estimate of drug-likeness (QED) is 0.593. The van der Waals surface area contributed by atoms with Gasteiger partial charge in [-0.25, -0.2) is 4.79 Å². The first-order valence-corrected chi connectivity index (χ1v) is 9.08. The molecule has 28 heavy (non-hydrogen) atoms. The zero-order valence-corrected chi connectivity index (χ0v) is 15.5. The normalized spacial score (nSPS) is 14.0. The number of nitrogens with zero attached hydrogens (tertiary/aromatic N) is 3. The monoisotopic (exact) mass is 375 g/mol. The lowest BCUT2D eigenvalue weighted by Crippen LogP contribution is -2.49. The molecule has 1 aliphatic rings. The van der Waals surface area contributed by atoms with Crippen LogP contribution in [0.4, 0.5) is 5.69 Å². The maximum absolute atomic E-state index is 12.3. The van der Waals surface area contributed by atoms with E-state index in [-0.39, 0.29) is 12.5 Å². The molecule has 2 aromatic carbocycles. The van der Waals surface area contributed by atoms with E-state index in [0.717, 1.165) is 24.3 Å². The molecule has 0 aliphatic carbocycles. The maximum Gasteiger partial charge on any atom is 0.331 e. The number of benzene rings is 2. The van der Waals surface area contributed by atoms with Gasteiger partial charge in [0.05, 0.1) is 11.6 Å². The Kier molecular flexibility index (Phi) is 6.42. The first-order valence-electron chi connectivity index (χ1n) is 9.08. The van der Waals surface area contributed by atoms with E-state index in [1.165, 1.54) is 6.08 Å². The van der Waals surface area contributed by atoms with Crippen LogP contribution >= 0.6 is 0 Å². The summed E-state index contributed by atoms with van der Waals surface area (Å²) >= 11 is 0. The minimum absolute atomic E-state index is 0.187. The molecule has 1 aliphatic heterocycles. The molecule has 6 nitrogen and oxygen atoms in total. The van der Waals surface area contributed by atoms with Crippen molar-refractivity contribution in [2.45, 2.75) is 0 Å². The molecule has 2 aromatic rings. The summed E-state index contributed by atoms with van der Waals surface area (Å²) in [5.74, 6) is -0.756. The molecule has 6 heteroatoms. The number of hydrogen-bond donors (Lipinski definition) is 0. The second kappa shape index (κ2) is 9.38. The van der Waals surface area contributed by atoms with E-state index in [1.807, 2.05) is 24.3 Å². The Balaban J connectivity index is 1.42. The highest BCUT2D eigenvalue weighted by atomic mass is 16.5. The van der Waals surface area contributed by atoms with Gasteiger partial charge in [0.2, 0.25) is 0 Å². The second-order valence-electron chi connectivity index (χ2n) is 6.38. The summed E-state index contributed by atoms with van der Waals surface area (Å²) in [6, 6.07) is 18.9. The van der Waals surface area contributed by atoms with Crippen LogP contribution in [0.5, 0.6) is 0 Å². The highest BCUT2D eigenvalue weighted by Crippen LogP contribution is 2.15. The lowest BCUT2D eigenvalue weighted by atomic mass is 10.1. The third-order valence-corrected chi connectivity index (χ3v) is 4.54. The number of amides is 1. The van der Waals surface area contributed by atoms with Crippen LogP contribution in [0.25, 0.3) is 6.08 Å². The molecule has 0 bridgehead atoms. The first-order chi connectivity index (χ1) is 13.7. The number of para-hydroxylation sites is 1. The summed E-state index contributed by atoms with van der Waals surface area (Å²) in [7, 11) is 0. The fraction of sp³-hybridized carbons (Fsp3) is 0.227. The van der Waals surface area contributed by atoms with Gasteiger partial charge in [0.1, 0.15) is 0 Å². The number of nitriles is 1. The summed E-state index contributed by atoms with van der Waals surface area (Å²) in [5, 5.41) is 8.77. The van der Waals surface area contributed by atoms with Crippen LogP contribution in [0.3, 0.4) is 0 Å². The molecular weight excluding hydrogens is 354 g/mol. The average Bonchev–Trinajstić information content (AvgIpc) is 2.77. The summed E-state index contributed by atoms with van der Waals surface area (Å²) in [6.45, 7) is 2.45. The summed E-state index contributed by atoms with van der Waals surface area (Å²) in [5.41, 5.74) is 2.48. The smallest absolute Gasteiger partial charge is 0.331 e. The van der Waals surface area contributed by atoms with E-state index in [0.29, 0.717) is 18.7 Å². The van der Waals surface area contributed by atoms with Gasteiger partial charge in [-0.1, -0.05) is 30.3 Å². The second-order valence-corrected chi connectivity index (χ2v) is 6.38. The Bertz CT molecular complexity index is 877. The molecule has 142 valence electrons. The minimum atomic E-state index is -0.569. The lowest BCUT2D eigenvalue weighted by molar-refractivity contribution is -0.148. The fourth-order valence-corrected chi connectivity index (χ4v) is 2.96.